The monoisotopic (exact) mass is 286 g/mol. The number of nitrogens with zero attached hydrogens (tertiary/aromatic N) is 3. The van der Waals surface area contributed by atoms with Crippen LogP contribution in [0.25, 0.3) is 0 Å². The van der Waals surface area contributed by atoms with Crippen LogP contribution in [0.5, 0.6) is 0 Å². The topological polar surface area (TPSA) is 67.2 Å². The molecule has 7 heteroatoms. The van der Waals surface area contributed by atoms with Gasteiger partial charge in [0.2, 0.25) is 10.0 Å². The summed E-state index contributed by atoms with van der Waals surface area (Å²) >= 11 is 0. The van der Waals surface area contributed by atoms with E-state index in [0.29, 0.717) is 25.7 Å². The molecule has 0 aromatic carbocycles. The Morgan fingerprint density at radius 2 is 2.11 bits per heavy atom. The van der Waals surface area contributed by atoms with Crippen LogP contribution in [-0.4, -0.2) is 48.2 Å². The van der Waals surface area contributed by atoms with Crippen molar-refractivity contribution in [2.45, 2.75) is 44.2 Å². The van der Waals surface area contributed by atoms with E-state index < -0.39 is 10.0 Å². The van der Waals surface area contributed by atoms with Crippen LogP contribution in [-0.2, 0) is 16.6 Å². The molecular formula is C12H22N4O2S. The highest BCUT2D eigenvalue weighted by Gasteiger charge is 2.23. The lowest BCUT2D eigenvalue weighted by atomic mass is 10.6. The van der Waals surface area contributed by atoms with E-state index >= 15 is 0 Å². The van der Waals surface area contributed by atoms with Gasteiger partial charge in [0.1, 0.15) is 4.90 Å². The molecular weight excluding hydrogens is 264 g/mol. The highest BCUT2D eigenvalue weighted by atomic mass is 32.2. The molecule has 0 spiro atoms. The zero-order valence-corrected chi connectivity index (χ0v) is 12.4. The first kappa shape index (κ1) is 14.5. The molecule has 108 valence electrons. The van der Waals surface area contributed by atoms with E-state index in [1.165, 1.54) is 23.3 Å². The Labute approximate surface area is 114 Å². The smallest absolute Gasteiger partial charge is 0.246 e. The molecule has 2 rings (SSSR count). The van der Waals surface area contributed by atoms with Crippen molar-refractivity contribution in [3.63, 3.8) is 0 Å². The number of sulfonamides is 1. The summed E-state index contributed by atoms with van der Waals surface area (Å²) in [5, 5.41) is 7.50. The average molecular weight is 286 g/mol. The third-order valence-electron chi connectivity index (χ3n) is 3.30. The van der Waals surface area contributed by atoms with Gasteiger partial charge in [-0.25, -0.2) is 8.42 Å². The van der Waals surface area contributed by atoms with Gasteiger partial charge in [-0.3, -0.25) is 4.68 Å². The van der Waals surface area contributed by atoms with Crippen LogP contribution in [0.15, 0.2) is 17.3 Å². The molecule has 1 aliphatic rings. The maximum atomic E-state index is 12.3. The van der Waals surface area contributed by atoms with Crippen molar-refractivity contribution >= 4 is 10.0 Å². The third kappa shape index (κ3) is 3.55. The van der Waals surface area contributed by atoms with E-state index in [-0.39, 0.29) is 4.90 Å². The van der Waals surface area contributed by atoms with Crippen molar-refractivity contribution in [3.05, 3.63) is 12.4 Å². The van der Waals surface area contributed by atoms with Crippen molar-refractivity contribution in [1.29, 1.82) is 0 Å². The van der Waals surface area contributed by atoms with Crippen LogP contribution in [0.3, 0.4) is 0 Å². The summed E-state index contributed by atoms with van der Waals surface area (Å²) in [5.41, 5.74) is 0. The summed E-state index contributed by atoms with van der Waals surface area (Å²) in [6.07, 6.45) is 5.55. The summed E-state index contributed by atoms with van der Waals surface area (Å²) in [7, 11) is -3.38. The Kier molecular flexibility index (Phi) is 4.59. The minimum Gasteiger partial charge on any atom is -0.312 e. The third-order valence-corrected chi connectivity index (χ3v) is 5.31. The summed E-state index contributed by atoms with van der Waals surface area (Å²) < 4.78 is 27.6. The second kappa shape index (κ2) is 6.02. The zero-order chi connectivity index (χ0) is 13.9. The average Bonchev–Trinajstić information content (AvgIpc) is 3.06. The van der Waals surface area contributed by atoms with Crippen LogP contribution in [0.4, 0.5) is 0 Å². The molecule has 19 heavy (non-hydrogen) atoms. The van der Waals surface area contributed by atoms with Crippen molar-refractivity contribution in [2.75, 3.05) is 19.6 Å². The first-order chi connectivity index (χ1) is 9.07. The van der Waals surface area contributed by atoms with Gasteiger partial charge in [-0.2, -0.15) is 9.40 Å². The Balaban J connectivity index is 1.98. The van der Waals surface area contributed by atoms with Gasteiger partial charge in [0, 0.05) is 31.9 Å². The molecule has 1 N–H and O–H groups in total. The highest BCUT2D eigenvalue weighted by Crippen LogP contribution is 2.18. The number of hydrogen-bond donors (Lipinski definition) is 1. The standard InChI is InChI=1S/C12H22N4O2S/c1-3-16(4-2)19(17,18)12-9-14-15(10-12)8-7-13-11-5-6-11/h9-11,13H,3-8H2,1-2H3. The quantitative estimate of drug-likeness (QED) is 0.762. The van der Waals surface area contributed by atoms with Gasteiger partial charge in [0.05, 0.1) is 12.7 Å². The van der Waals surface area contributed by atoms with Crippen molar-refractivity contribution in [2.24, 2.45) is 0 Å². The van der Waals surface area contributed by atoms with Gasteiger partial charge in [0.15, 0.2) is 0 Å². The Morgan fingerprint density at radius 1 is 1.42 bits per heavy atom. The van der Waals surface area contributed by atoms with Crippen LogP contribution in [0.1, 0.15) is 26.7 Å². The first-order valence-electron chi connectivity index (χ1n) is 6.84. The maximum Gasteiger partial charge on any atom is 0.246 e. The van der Waals surface area contributed by atoms with E-state index in [1.54, 1.807) is 10.9 Å². The number of aromatic nitrogens is 2. The molecule has 0 radical (unpaired) electrons. The van der Waals surface area contributed by atoms with Crippen LogP contribution in [0, 0.1) is 0 Å². The van der Waals surface area contributed by atoms with E-state index in [2.05, 4.69) is 10.4 Å². The minimum absolute atomic E-state index is 0.280. The van der Waals surface area contributed by atoms with Gasteiger partial charge in [-0.1, -0.05) is 13.8 Å². The van der Waals surface area contributed by atoms with E-state index in [1.807, 2.05) is 13.8 Å². The summed E-state index contributed by atoms with van der Waals surface area (Å²) in [6, 6.07) is 0.662. The van der Waals surface area contributed by atoms with Crippen molar-refractivity contribution in [3.8, 4) is 0 Å². The van der Waals surface area contributed by atoms with Gasteiger partial charge >= 0.3 is 0 Å². The van der Waals surface area contributed by atoms with E-state index in [0.717, 1.165) is 6.54 Å². The zero-order valence-electron chi connectivity index (χ0n) is 11.5. The number of rotatable bonds is 8. The summed E-state index contributed by atoms with van der Waals surface area (Å²) in [6.45, 7) is 6.16. The SMILES string of the molecule is CCN(CC)S(=O)(=O)c1cnn(CCNC2CC2)c1. The van der Waals surface area contributed by atoms with E-state index in [4.69, 9.17) is 0 Å². The molecule has 0 bridgehead atoms. The maximum absolute atomic E-state index is 12.3. The lowest BCUT2D eigenvalue weighted by Crippen LogP contribution is -2.30. The predicted octanol–water partition coefficient (Wildman–Crippen LogP) is 0.666. The molecule has 0 aliphatic heterocycles. The van der Waals surface area contributed by atoms with Crippen LogP contribution >= 0.6 is 0 Å². The number of nitrogens with one attached hydrogen (secondary N) is 1. The molecule has 0 atom stereocenters. The van der Waals surface area contributed by atoms with E-state index in [9.17, 15) is 8.42 Å². The molecule has 1 aromatic rings. The Bertz CT molecular complexity index is 504. The highest BCUT2D eigenvalue weighted by molar-refractivity contribution is 7.89. The first-order valence-corrected chi connectivity index (χ1v) is 8.28. The fourth-order valence-electron chi connectivity index (χ4n) is 1.98. The Morgan fingerprint density at radius 3 is 2.68 bits per heavy atom. The van der Waals surface area contributed by atoms with Crippen LogP contribution in [0.2, 0.25) is 0 Å². The van der Waals surface area contributed by atoms with Gasteiger partial charge < -0.3 is 5.32 Å². The molecule has 1 saturated carbocycles. The van der Waals surface area contributed by atoms with Gasteiger partial charge in [-0.15, -0.1) is 0 Å². The summed E-state index contributed by atoms with van der Waals surface area (Å²) in [4.78, 5) is 0.280. The van der Waals surface area contributed by atoms with Crippen molar-refractivity contribution < 1.29 is 8.42 Å². The largest absolute Gasteiger partial charge is 0.312 e. The normalized spacial score (nSPS) is 16.2. The Hall–Kier alpha value is -0.920. The molecule has 0 amide bonds. The molecule has 1 heterocycles. The van der Waals surface area contributed by atoms with Gasteiger partial charge in [0.25, 0.3) is 0 Å². The van der Waals surface area contributed by atoms with Crippen molar-refractivity contribution in [1.82, 2.24) is 19.4 Å². The second-order valence-electron chi connectivity index (χ2n) is 4.76. The fourth-order valence-corrected chi connectivity index (χ4v) is 3.40. The number of hydrogen-bond acceptors (Lipinski definition) is 4. The predicted molar refractivity (Wildman–Crippen MR) is 73.4 cm³/mol. The molecule has 1 aliphatic carbocycles. The minimum atomic E-state index is -3.38. The second-order valence-corrected chi connectivity index (χ2v) is 6.69. The summed E-state index contributed by atoms with van der Waals surface area (Å²) in [5.74, 6) is 0. The lowest BCUT2D eigenvalue weighted by Gasteiger charge is -2.16. The molecule has 1 aromatic heterocycles. The fraction of sp³-hybridized carbons (Fsp3) is 0.750. The van der Waals surface area contributed by atoms with Gasteiger partial charge in [-0.05, 0) is 12.8 Å². The molecule has 0 saturated heterocycles. The molecule has 0 unspecified atom stereocenters. The van der Waals surface area contributed by atoms with Crippen LogP contribution < -0.4 is 5.32 Å². The molecule has 1 fully saturated rings. The lowest BCUT2D eigenvalue weighted by molar-refractivity contribution is 0.445. The molecule has 6 nitrogen and oxygen atoms in total.